The van der Waals surface area contributed by atoms with Crippen molar-refractivity contribution in [2.24, 2.45) is 0 Å². The van der Waals surface area contributed by atoms with Crippen molar-refractivity contribution < 1.29 is 9.59 Å². The van der Waals surface area contributed by atoms with Gasteiger partial charge < -0.3 is 10.6 Å². The first-order valence-electron chi connectivity index (χ1n) is 6.84. The van der Waals surface area contributed by atoms with Gasteiger partial charge >= 0.3 is 0 Å². The van der Waals surface area contributed by atoms with Crippen LogP contribution in [0.3, 0.4) is 0 Å². The van der Waals surface area contributed by atoms with Crippen LogP contribution in [0.2, 0.25) is 0 Å². The monoisotopic (exact) mass is 280 g/mol. The van der Waals surface area contributed by atoms with Crippen LogP contribution in [0.15, 0.2) is 36.4 Å². The van der Waals surface area contributed by atoms with Crippen molar-refractivity contribution in [3.8, 4) is 0 Å². The van der Waals surface area contributed by atoms with E-state index in [9.17, 15) is 9.59 Å². The van der Waals surface area contributed by atoms with Crippen LogP contribution in [0, 0.1) is 13.8 Å². The average Bonchev–Trinajstić information content (AvgIpc) is 2.82. The molecule has 4 heteroatoms. The van der Waals surface area contributed by atoms with E-state index < -0.39 is 0 Å². The summed E-state index contributed by atoms with van der Waals surface area (Å²) in [5, 5.41) is 5.63. The Morgan fingerprint density at radius 1 is 1.10 bits per heavy atom. The second-order valence-electron chi connectivity index (χ2n) is 5.35. The highest BCUT2D eigenvalue weighted by molar-refractivity contribution is 6.07. The number of hydrogen-bond donors (Lipinski definition) is 2. The van der Waals surface area contributed by atoms with Crippen molar-refractivity contribution in [3.63, 3.8) is 0 Å². The zero-order chi connectivity index (χ0) is 15.0. The molecule has 0 unspecified atom stereocenters. The lowest BCUT2D eigenvalue weighted by molar-refractivity contribution is -0.115. The first-order chi connectivity index (χ1) is 10.0. The van der Waals surface area contributed by atoms with E-state index in [1.807, 2.05) is 38.1 Å². The number of amides is 2. The van der Waals surface area contributed by atoms with Crippen molar-refractivity contribution in [2.45, 2.75) is 20.3 Å². The summed E-state index contributed by atoms with van der Waals surface area (Å²) in [6.45, 7) is 4.04. The predicted molar refractivity (Wildman–Crippen MR) is 82.6 cm³/mol. The Kier molecular flexibility index (Phi) is 3.22. The minimum atomic E-state index is -0.179. The van der Waals surface area contributed by atoms with E-state index >= 15 is 0 Å². The molecular weight excluding hydrogens is 264 g/mol. The van der Waals surface area contributed by atoms with Crippen molar-refractivity contribution in [3.05, 3.63) is 58.7 Å². The first-order valence-corrected chi connectivity index (χ1v) is 6.84. The minimum absolute atomic E-state index is 0.0308. The van der Waals surface area contributed by atoms with Crippen molar-refractivity contribution in [1.82, 2.24) is 0 Å². The number of benzene rings is 2. The topological polar surface area (TPSA) is 58.2 Å². The summed E-state index contributed by atoms with van der Waals surface area (Å²) in [6, 6.07) is 11.1. The van der Waals surface area contributed by atoms with Gasteiger partial charge in [0, 0.05) is 16.9 Å². The van der Waals surface area contributed by atoms with Crippen LogP contribution in [-0.2, 0) is 11.2 Å². The summed E-state index contributed by atoms with van der Waals surface area (Å²) in [4.78, 5) is 23.6. The van der Waals surface area contributed by atoms with E-state index in [-0.39, 0.29) is 11.8 Å². The molecule has 0 bridgehead atoms. The molecule has 2 aromatic carbocycles. The van der Waals surface area contributed by atoms with Crippen LogP contribution in [0.1, 0.15) is 27.0 Å². The van der Waals surface area contributed by atoms with Crippen LogP contribution in [0.4, 0.5) is 11.4 Å². The van der Waals surface area contributed by atoms with E-state index in [1.165, 1.54) is 5.56 Å². The quantitative estimate of drug-likeness (QED) is 0.888. The lowest BCUT2D eigenvalue weighted by Crippen LogP contribution is -2.12. The molecule has 2 amide bonds. The standard InChI is InChI=1S/C17H16N2O2/c1-10-3-6-14(7-11(10)2)18-17(21)13-5-4-12-9-16(20)19-15(12)8-13/h3-8H,9H2,1-2H3,(H,18,21)(H,19,20). The molecule has 3 rings (SSSR count). The van der Waals surface area contributed by atoms with E-state index in [0.29, 0.717) is 12.0 Å². The highest BCUT2D eigenvalue weighted by Gasteiger charge is 2.19. The second-order valence-corrected chi connectivity index (χ2v) is 5.35. The van der Waals surface area contributed by atoms with Gasteiger partial charge in [-0.15, -0.1) is 0 Å². The van der Waals surface area contributed by atoms with Gasteiger partial charge in [0.25, 0.3) is 5.91 Å². The Morgan fingerprint density at radius 3 is 2.67 bits per heavy atom. The summed E-state index contributed by atoms with van der Waals surface area (Å²) >= 11 is 0. The van der Waals surface area contributed by atoms with Gasteiger partial charge in [-0.2, -0.15) is 0 Å². The molecule has 0 spiro atoms. The summed E-state index contributed by atoms with van der Waals surface area (Å²) in [5.74, 6) is -0.209. The highest BCUT2D eigenvalue weighted by Crippen LogP contribution is 2.24. The largest absolute Gasteiger partial charge is 0.326 e. The van der Waals surface area contributed by atoms with E-state index in [0.717, 1.165) is 22.5 Å². The molecule has 1 aliphatic heterocycles. The first kappa shape index (κ1) is 13.4. The Hall–Kier alpha value is -2.62. The Balaban J connectivity index is 1.81. The van der Waals surface area contributed by atoms with Gasteiger partial charge in [-0.1, -0.05) is 12.1 Å². The van der Waals surface area contributed by atoms with Gasteiger partial charge in [-0.3, -0.25) is 9.59 Å². The number of carbonyl (C=O) groups excluding carboxylic acids is 2. The fraction of sp³-hybridized carbons (Fsp3) is 0.176. The van der Waals surface area contributed by atoms with Gasteiger partial charge in [-0.05, 0) is 54.8 Å². The van der Waals surface area contributed by atoms with Crippen molar-refractivity contribution in [1.29, 1.82) is 0 Å². The smallest absolute Gasteiger partial charge is 0.255 e. The summed E-state index contributed by atoms with van der Waals surface area (Å²) < 4.78 is 0. The molecule has 106 valence electrons. The number of fused-ring (bicyclic) bond motifs is 1. The lowest BCUT2D eigenvalue weighted by Gasteiger charge is -2.08. The molecule has 0 atom stereocenters. The molecule has 4 nitrogen and oxygen atoms in total. The Bertz CT molecular complexity index is 750. The van der Waals surface area contributed by atoms with Gasteiger partial charge in [0.2, 0.25) is 5.91 Å². The summed E-state index contributed by atoms with van der Waals surface area (Å²) in [6.07, 6.45) is 0.383. The molecule has 1 heterocycles. The second kappa shape index (κ2) is 5.05. The molecular formula is C17H16N2O2. The number of rotatable bonds is 2. The average molecular weight is 280 g/mol. The van der Waals surface area contributed by atoms with Crippen molar-refractivity contribution >= 4 is 23.2 Å². The summed E-state index contributed by atoms with van der Waals surface area (Å²) in [7, 11) is 0. The predicted octanol–water partition coefficient (Wildman–Crippen LogP) is 3.05. The number of anilines is 2. The molecule has 1 aliphatic rings. The van der Waals surface area contributed by atoms with Gasteiger partial charge in [0.05, 0.1) is 6.42 Å². The molecule has 0 radical (unpaired) electrons. The molecule has 21 heavy (non-hydrogen) atoms. The molecule has 2 N–H and O–H groups in total. The Labute approximate surface area is 123 Å². The molecule has 0 fully saturated rings. The fourth-order valence-corrected chi connectivity index (χ4v) is 2.38. The van der Waals surface area contributed by atoms with Crippen LogP contribution in [0.25, 0.3) is 0 Å². The molecule has 0 saturated heterocycles. The van der Waals surface area contributed by atoms with Crippen LogP contribution in [-0.4, -0.2) is 11.8 Å². The number of carbonyl (C=O) groups is 2. The third-order valence-corrected chi connectivity index (χ3v) is 3.76. The Morgan fingerprint density at radius 2 is 1.90 bits per heavy atom. The highest BCUT2D eigenvalue weighted by atomic mass is 16.2. The molecule has 2 aromatic rings. The maximum Gasteiger partial charge on any atom is 0.255 e. The zero-order valence-electron chi connectivity index (χ0n) is 12.0. The van der Waals surface area contributed by atoms with Crippen LogP contribution < -0.4 is 10.6 Å². The number of hydrogen-bond acceptors (Lipinski definition) is 2. The number of nitrogens with one attached hydrogen (secondary N) is 2. The van der Waals surface area contributed by atoms with E-state index in [4.69, 9.17) is 0 Å². The molecule has 0 aliphatic carbocycles. The third kappa shape index (κ3) is 2.65. The number of aryl methyl sites for hydroxylation is 2. The van der Waals surface area contributed by atoms with Crippen LogP contribution in [0.5, 0.6) is 0 Å². The maximum atomic E-state index is 12.3. The van der Waals surface area contributed by atoms with Gasteiger partial charge in [0.1, 0.15) is 0 Å². The normalized spacial score (nSPS) is 12.8. The molecule has 0 saturated carbocycles. The third-order valence-electron chi connectivity index (χ3n) is 3.76. The van der Waals surface area contributed by atoms with Crippen LogP contribution >= 0.6 is 0 Å². The zero-order valence-corrected chi connectivity index (χ0v) is 12.0. The summed E-state index contributed by atoms with van der Waals surface area (Å²) in [5.41, 5.74) is 5.29. The van der Waals surface area contributed by atoms with Gasteiger partial charge in [-0.25, -0.2) is 0 Å². The molecule has 0 aromatic heterocycles. The maximum absolute atomic E-state index is 12.3. The minimum Gasteiger partial charge on any atom is -0.326 e. The SMILES string of the molecule is Cc1ccc(NC(=O)c2ccc3c(c2)NC(=O)C3)cc1C. The van der Waals surface area contributed by atoms with Crippen molar-refractivity contribution in [2.75, 3.05) is 10.6 Å². The van der Waals surface area contributed by atoms with E-state index in [1.54, 1.807) is 12.1 Å². The lowest BCUT2D eigenvalue weighted by atomic mass is 10.1. The van der Waals surface area contributed by atoms with E-state index in [2.05, 4.69) is 10.6 Å². The fourth-order valence-electron chi connectivity index (χ4n) is 2.38. The van der Waals surface area contributed by atoms with Gasteiger partial charge in [0.15, 0.2) is 0 Å².